The molecule has 1 heterocycles. The second-order valence-electron chi connectivity index (χ2n) is 6.44. The van der Waals surface area contributed by atoms with E-state index in [2.05, 4.69) is 77.8 Å². The van der Waals surface area contributed by atoms with Gasteiger partial charge in [0.15, 0.2) is 5.96 Å². The van der Waals surface area contributed by atoms with E-state index in [1.807, 2.05) is 6.92 Å². The molecule has 0 aliphatic heterocycles. The summed E-state index contributed by atoms with van der Waals surface area (Å²) in [6.45, 7) is 7.37. The van der Waals surface area contributed by atoms with Crippen LogP contribution in [0.5, 0.6) is 0 Å². The molecule has 0 atom stereocenters. The van der Waals surface area contributed by atoms with Crippen molar-refractivity contribution < 1.29 is 0 Å². The molecule has 0 radical (unpaired) electrons. The Balaban J connectivity index is 2.00. The van der Waals surface area contributed by atoms with Crippen molar-refractivity contribution >= 4 is 17.3 Å². The van der Waals surface area contributed by atoms with Crippen LogP contribution in [0.15, 0.2) is 34.6 Å². The van der Waals surface area contributed by atoms with Crippen molar-refractivity contribution in [2.24, 2.45) is 4.99 Å². The van der Waals surface area contributed by atoms with Crippen LogP contribution in [0.2, 0.25) is 0 Å². The molecule has 0 saturated heterocycles. The molecule has 5 nitrogen and oxygen atoms in total. The number of nitrogens with zero attached hydrogens (tertiary/aromatic N) is 4. The van der Waals surface area contributed by atoms with Crippen molar-refractivity contribution in [3.05, 3.63) is 51.5 Å². The largest absolute Gasteiger partial charge is 0.357 e. The monoisotopic (exact) mass is 359 g/mol. The van der Waals surface area contributed by atoms with E-state index >= 15 is 0 Å². The molecule has 6 heteroatoms. The third kappa shape index (κ3) is 6.48. The van der Waals surface area contributed by atoms with Crippen LogP contribution in [-0.2, 0) is 19.6 Å². The third-order valence-electron chi connectivity index (χ3n) is 3.70. The second-order valence-corrected chi connectivity index (χ2v) is 7.50. The summed E-state index contributed by atoms with van der Waals surface area (Å²) in [5.74, 6) is 0.908. The second kappa shape index (κ2) is 9.53. The van der Waals surface area contributed by atoms with E-state index in [-0.39, 0.29) is 0 Å². The van der Waals surface area contributed by atoms with Crippen molar-refractivity contribution in [3.63, 3.8) is 0 Å². The molecule has 0 bridgehead atoms. The predicted molar refractivity (Wildman–Crippen MR) is 107 cm³/mol. The summed E-state index contributed by atoms with van der Waals surface area (Å²) in [7, 11) is 6.22. The molecule has 0 aliphatic rings. The molecule has 0 amide bonds. The maximum absolute atomic E-state index is 4.77. The molecule has 1 N–H and O–H groups in total. The van der Waals surface area contributed by atoms with Gasteiger partial charge in [0.05, 0.1) is 23.8 Å². The first-order valence-electron chi connectivity index (χ1n) is 8.61. The van der Waals surface area contributed by atoms with Crippen LogP contribution in [0.4, 0.5) is 0 Å². The topological polar surface area (TPSA) is 43.8 Å². The van der Waals surface area contributed by atoms with Crippen molar-refractivity contribution in [3.8, 4) is 0 Å². The fourth-order valence-electron chi connectivity index (χ4n) is 2.55. The van der Waals surface area contributed by atoms with Crippen LogP contribution in [0.1, 0.15) is 28.8 Å². The van der Waals surface area contributed by atoms with E-state index in [9.17, 15) is 0 Å². The molecule has 25 heavy (non-hydrogen) atoms. The van der Waals surface area contributed by atoms with Crippen LogP contribution in [-0.4, -0.2) is 48.4 Å². The Labute approximate surface area is 155 Å². The zero-order valence-electron chi connectivity index (χ0n) is 15.9. The molecule has 1 aromatic carbocycles. The molecule has 1 aromatic heterocycles. The molecule has 2 rings (SSSR count). The number of guanidine groups is 1. The maximum Gasteiger partial charge on any atom is 0.194 e. The summed E-state index contributed by atoms with van der Waals surface area (Å²) in [6.07, 6.45) is 0. The van der Waals surface area contributed by atoms with E-state index in [1.54, 1.807) is 11.3 Å². The standard InChI is InChI=1S/C19H29N5S/c1-6-20-19(24(5)13-18-14-25-15(2)22-18)21-11-16-7-9-17(10-8-16)12-23(3)4/h7-10,14H,6,11-13H2,1-5H3,(H,20,21). The SMILES string of the molecule is CCNC(=NCc1ccc(CN(C)C)cc1)N(C)Cc1csc(C)n1. The van der Waals surface area contributed by atoms with Gasteiger partial charge in [0.25, 0.3) is 0 Å². The first-order valence-corrected chi connectivity index (χ1v) is 9.49. The highest BCUT2D eigenvalue weighted by molar-refractivity contribution is 7.09. The molecular formula is C19H29N5S. The van der Waals surface area contributed by atoms with Crippen molar-refractivity contribution in [2.75, 3.05) is 27.7 Å². The first-order chi connectivity index (χ1) is 12.0. The number of rotatable bonds is 7. The third-order valence-corrected chi connectivity index (χ3v) is 4.52. The number of hydrogen-bond acceptors (Lipinski definition) is 4. The Bertz CT molecular complexity index is 675. The van der Waals surface area contributed by atoms with Crippen LogP contribution in [0.3, 0.4) is 0 Å². The molecule has 136 valence electrons. The van der Waals surface area contributed by atoms with E-state index in [0.717, 1.165) is 36.3 Å². The highest BCUT2D eigenvalue weighted by Crippen LogP contribution is 2.11. The summed E-state index contributed by atoms with van der Waals surface area (Å²) in [5, 5.41) is 6.57. The zero-order valence-corrected chi connectivity index (χ0v) is 16.7. The molecule has 0 spiro atoms. The number of aryl methyl sites for hydroxylation is 1. The molecule has 0 saturated carbocycles. The van der Waals surface area contributed by atoms with Crippen LogP contribution in [0.25, 0.3) is 0 Å². The van der Waals surface area contributed by atoms with Gasteiger partial charge < -0.3 is 15.1 Å². The number of aliphatic imine (C=N–C) groups is 1. The fourth-order valence-corrected chi connectivity index (χ4v) is 3.15. The Morgan fingerprint density at radius 3 is 2.36 bits per heavy atom. The fraction of sp³-hybridized carbons (Fsp3) is 0.474. The normalized spacial score (nSPS) is 11.8. The molecule has 2 aromatic rings. The Morgan fingerprint density at radius 2 is 1.80 bits per heavy atom. The van der Waals surface area contributed by atoms with E-state index in [1.165, 1.54) is 11.1 Å². The van der Waals surface area contributed by atoms with Gasteiger partial charge in [-0.15, -0.1) is 11.3 Å². The highest BCUT2D eigenvalue weighted by Gasteiger charge is 2.08. The van der Waals surface area contributed by atoms with E-state index in [0.29, 0.717) is 6.54 Å². The van der Waals surface area contributed by atoms with Gasteiger partial charge in [-0.1, -0.05) is 24.3 Å². The maximum atomic E-state index is 4.77. The average Bonchev–Trinajstić information content (AvgIpc) is 2.97. The van der Waals surface area contributed by atoms with Gasteiger partial charge >= 0.3 is 0 Å². The minimum atomic E-state index is 0.672. The number of benzene rings is 1. The molecule has 0 unspecified atom stereocenters. The van der Waals surface area contributed by atoms with Gasteiger partial charge in [-0.05, 0) is 39.1 Å². The first kappa shape index (κ1) is 19.4. The Kier molecular flexibility index (Phi) is 7.40. The van der Waals surface area contributed by atoms with Gasteiger partial charge in [0.2, 0.25) is 0 Å². The predicted octanol–water partition coefficient (Wildman–Crippen LogP) is 3.11. The summed E-state index contributed by atoms with van der Waals surface area (Å²) in [4.78, 5) is 13.6. The summed E-state index contributed by atoms with van der Waals surface area (Å²) in [6, 6.07) is 8.68. The molecule has 0 fully saturated rings. The average molecular weight is 360 g/mol. The van der Waals surface area contributed by atoms with Crippen LogP contribution < -0.4 is 5.32 Å². The van der Waals surface area contributed by atoms with Crippen molar-refractivity contribution in [1.82, 2.24) is 20.1 Å². The zero-order chi connectivity index (χ0) is 18.2. The van der Waals surface area contributed by atoms with Gasteiger partial charge in [-0.3, -0.25) is 0 Å². The van der Waals surface area contributed by atoms with E-state index in [4.69, 9.17) is 4.99 Å². The van der Waals surface area contributed by atoms with Gasteiger partial charge in [-0.2, -0.15) is 0 Å². The smallest absolute Gasteiger partial charge is 0.194 e. The Hall–Kier alpha value is -1.92. The number of aromatic nitrogens is 1. The summed E-state index contributed by atoms with van der Waals surface area (Å²) < 4.78 is 0. The minimum absolute atomic E-state index is 0.672. The number of thiazole rings is 1. The number of nitrogens with one attached hydrogen (secondary N) is 1. The highest BCUT2D eigenvalue weighted by atomic mass is 32.1. The van der Waals surface area contributed by atoms with Crippen LogP contribution in [0, 0.1) is 6.92 Å². The number of hydrogen-bond donors (Lipinski definition) is 1. The quantitative estimate of drug-likeness (QED) is 0.609. The van der Waals surface area contributed by atoms with Gasteiger partial charge in [0, 0.05) is 25.5 Å². The molecular weight excluding hydrogens is 330 g/mol. The lowest BCUT2D eigenvalue weighted by atomic mass is 10.1. The van der Waals surface area contributed by atoms with Crippen molar-refractivity contribution in [1.29, 1.82) is 0 Å². The van der Waals surface area contributed by atoms with Gasteiger partial charge in [-0.25, -0.2) is 9.98 Å². The lowest BCUT2D eigenvalue weighted by Gasteiger charge is -2.21. The summed E-state index contributed by atoms with van der Waals surface area (Å²) in [5.41, 5.74) is 3.63. The minimum Gasteiger partial charge on any atom is -0.357 e. The van der Waals surface area contributed by atoms with Crippen LogP contribution >= 0.6 is 11.3 Å². The lowest BCUT2D eigenvalue weighted by molar-refractivity contribution is 0.402. The summed E-state index contributed by atoms with van der Waals surface area (Å²) >= 11 is 1.69. The lowest BCUT2D eigenvalue weighted by Crippen LogP contribution is -2.38. The van der Waals surface area contributed by atoms with Crippen molar-refractivity contribution in [2.45, 2.75) is 33.5 Å². The Morgan fingerprint density at radius 1 is 1.12 bits per heavy atom. The van der Waals surface area contributed by atoms with E-state index < -0.39 is 0 Å². The van der Waals surface area contributed by atoms with Gasteiger partial charge in [0.1, 0.15) is 0 Å². The molecule has 0 aliphatic carbocycles.